The first-order valence-corrected chi connectivity index (χ1v) is 6.72. The Morgan fingerprint density at radius 2 is 1.81 bits per heavy atom. The van der Waals surface area contributed by atoms with E-state index in [2.05, 4.69) is 11.4 Å². The van der Waals surface area contributed by atoms with Gasteiger partial charge in [0.15, 0.2) is 0 Å². The minimum absolute atomic E-state index is 0.251. The van der Waals surface area contributed by atoms with E-state index in [4.69, 9.17) is 10.00 Å². The summed E-state index contributed by atoms with van der Waals surface area (Å²) >= 11 is 0. The molecular formula is C17H16N2O2. The molecule has 2 aromatic carbocycles. The van der Waals surface area contributed by atoms with Crippen molar-refractivity contribution in [2.24, 2.45) is 0 Å². The van der Waals surface area contributed by atoms with E-state index in [0.29, 0.717) is 18.5 Å². The maximum Gasteiger partial charge on any atom is 0.407 e. The molecule has 0 spiro atoms. The Labute approximate surface area is 124 Å². The normalized spacial score (nSPS) is 9.67. The fourth-order valence-electron chi connectivity index (χ4n) is 1.92. The van der Waals surface area contributed by atoms with Gasteiger partial charge in [0.1, 0.15) is 6.61 Å². The van der Waals surface area contributed by atoms with Crippen molar-refractivity contribution in [1.82, 2.24) is 5.32 Å². The van der Waals surface area contributed by atoms with Gasteiger partial charge >= 0.3 is 6.09 Å². The highest BCUT2D eigenvalue weighted by atomic mass is 16.5. The average molecular weight is 280 g/mol. The zero-order chi connectivity index (χ0) is 14.9. The second-order valence-electron chi connectivity index (χ2n) is 4.51. The molecule has 0 saturated heterocycles. The summed E-state index contributed by atoms with van der Waals surface area (Å²) in [6.45, 7) is 0.688. The smallest absolute Gasteiger partial charge is 0.407 e. The highest BCUT2D eigenvalue weighted by Gasteiger charge is 2.04. The van der Waals surface area contributed by atoms with E-state index in [1.54, 1.807) is 6.07 Å². The molecule has 0 fully saturated rings. The van der Waals surface area contributed by atoms with E-state index in [-0.39, 0.29) is 6.61 Å². The molecule has 0 aliphatic rings. The lowest BCUT2D eigenvalue weighted by atomic mass is 10.1. The standard InChI is InChI=1S/C17H16N2O2/c18-12-16-9-5-4-8-15(16)10-11-19-17(20)21-13-14-6-2-1-3-7-14/h1-9H,10-11,13H2,(H,19,20). The molecule has 0 atom stereocenters. The average Bonchev–Trinajstić information content (AvgIpc) is 2.54. The minimum Gasteiger partial charge on any atom is -0.445 e. The van der Waals surface area contributed by atoms with Crippen LogP contribution in [-0.4, -0.2) is 12.6 Å². The lowest BCUT2D eigenvalue weighted by Crippen LogP contribution is -2.26. The van der Waals surface area contributed by atoms with Crippen LogP contribution in [0.2, 0.25) is 0 Å². The number of carbonyl (C=O) groups excluding carboxylic acids is 1. The first kappa shape index (κ1) is 14.6. The molecule has 106 valence electrons. The van der Waals surface area contributed by atoms with E-state index in [1.807, 2.05) is 48.5 Å². The number of carbonyl (C=O) groups is 1. The Morgan fingerprint density at radius 3 is 2.57 bits per heavy atom. The van der Waals surface area contributed by atoms with Crippen molar-refractivity contribution in [3.05, 3.63) is 71.3 Å². The summed E-state index contributed by atoms with van der Waals surface area (Å²) in [6.07, 6.45) is 0.151. The Bertz CT molecular complexity index is 633. The van der Waals surface area contributed by atoms with Gasteiger partial charge in [0.2, 0.25) is 0 Å². The molecule has 2 aromatic rings. The van der Waals surface area contributed by atoms with E-state index < -0.39 is 6.09 Å². The Balaban J connectivity index is 1.73. The molecule has 4 heteroatoms. The van der Waals surface area contributed by atoms with Gasteiger partial charge in [-0.1, -0.05) is 48.5 Å². The number of ether oxygens (including phenoxy) is 1. The molecule has 0 aliphatic heterocycles. The van der Waals surface area contributed by atoms with E-state index >= 15 is 0 Å². The van der Waals surface area contributed by atoms with Crippen LogP contribution in [0, 0.1) is 11.3 Å². The van der Waals surface area contributed by atoms with Crippen LogP contribution in [0.1, 0.15) is 16.7 Å². The SMILES string of the molecule is N#Cc1ccccc1CCNC(=O)OCc1ccccc1. The van der Waals surface area contributed by atoms with Gasteiger partial charge in [-0.15, -0.1) is 0 Å². The van der Waals surface area contributed by atoms with Gasteiger partial charge in [0.25, 0.3) is 0 Å². The zero-order valence-corrected chi connectivity index (χ0v) is 11.6. The maximum atomic E-state index is 11.6. The molecule has 0 heterocycles. The summed E-state index contributed by atoms with van der Waals surface area (Å²) in [5.74, 6) is 0. The molecular weight excluding hydrogens is 264 g/mol. The Kier molecular flexibility index (Phi) is 5.36. The van der Waals surface area contributed by atoms with Crippen LogP contribution >= 0.6 is 0 Å². The number of rotatable bonds is 5. The van der Waals surface area contributed by atoms with Crippen LogP contribution in [0.5, 0.6) is 0 Å². The summed E-state index contributed by atoms with van der Waals surface area (Å²) in [4.78, 5) is 11.6. The molecule has 0 bridgehead atoms. The number of hydrogen-bond donors (Lipinski definition) is 1. The number of nitriles is 1. The molecule has 1 amide bonds. The number of nitrogens with one attached hydrogen (secondary N) is 1. The van der Waals surface area contributed by atoms with Crippen LogP contribution in [0.25, 0.3) is 0 Å². The maximum absolute atomic E-state index is 11.6. The quantitative estimate of drug-likeness (QED) is 0.915. The Morgan fingerprint density at radius 1 is 1.10 bits per heavy atom. The molecule has 0 unspecified atom stereocenters. The molecule has 2 rings (SSSR count). The molecule has 0 saturated carbocycles. The van der Waals surface area contributed by atoms with Crippen LogP contribution < -0.4 is 5.32 Å². The van der Waals surface area contributed by atoms with Gasteiger partial charge in [0.05, 0.1) is 11.6 Å². The first-order chi connectivity index (χ1) is 10.3. The second kappa shape index (κ2) is 7.71. The number of benzene rings is 2. The minimum atomic E-state index is -0.451. The van der Waals surface area contributed by atoms with Crippen molar-refractivity contribution >= 4 is 6.09 Å². The van der Waals surface area contributed by atoms with Crippen molar-refractivity contribution in [3.8, 4) is 6.07 Å². The third-order valence-corrected chi connectivity index (χ3v) is 3.01. The molecule has 0 aliphatic carbocycles. The van der Waals surface area contributed by atoms with E-state index in [0.717, 1.165) is 11.1 Å². The first-order valence-electron chi connectivity index (χ1n) is 6.72. The fourth-order valence-corrected chi connectivity index (χ4v) is 1.92. The summed E-state index contributed by atoms with van der Waals surface area (Å²) in [5.41, 5.74) is 2.50. The zero-order valence-electron chi connectivity index (χ0n) is 11.6. The monoisotopic (exact) mass is 280 g/mol. The predicted molar refractivity (Wildman–Crippen MR) is 79.5 cm³/mol. The molecule has 1 N–H and O–H groups in total. The van der Waals surface area contributed by atoms with Crippen LogP contribution in [0.4, 0.5) is 4.79 Å². The lowest BCUT2D eigenvalue weighted by molar-refractivity contribution is 0.140. The van der Waals surface area contributed by atoms with Gasteiger partial charge in [-0.25, -0.2) is 4.79 Å². The van der Waals surface area contributed by atoms with Crippen molar-refractivity contribution in [1.29, 1.82) is 5.26 Å². The van der Waals surface area contributed by atoms with Crippen LogP contribution in [0.15, 0.2) is 54.6 Å². The topological polar surface area (TPSA) is 62.1 Å². The third kappa shape index (κ3) is 4.66. The third-order valence-electron chi connectivity index (χ3n) is 3.01. The van der Waals surface area contributed by atoms with Crippen LogP contribution in [-0.2, 0) is 17.8 Å². The fraction of sp³-hybridized carbons (Fsp3) is 0.176. The summed E-state index contributed by atoms with van der Waals surface area (Å²) < 4.78 is 5.11. The molecule has 4 nitrogen and oxygen atoms in total. The van der Waals surface area contributed by atoms with Crippen molar-refractivity contribution in [3.63, 3.8) is 0 Å². The van der Waals surface area contributed by atoms with E-state index in [9.17, 15) is 4.79 Å². The summed E-state index contributed by atoms with van der Waals surface area (Å²) in [5, 5.41) is 11.7. The highest BCUT2D eigenvalue weighted by molar-refractivity contribution is 5.67. The summed E-state index contributed by atoms with van der Waals surface area (Å²) in [7, 11) is 0. The number of alkyl carbamates (subject to hydrolysis) is 1. The van der Waals surface area contributed by atoms with Gasteiger partial charge < -0.3 is 10.1 Å². The Hall–Kier alpha value is -2.80. The number of hydrogen-bond acceptors (Lipinski definition) is 3. The largest absolute Gasteiger partial charge is 0.445 e. The van der Waals surface area contributed by atoms with E-state index in [1.165, 1.54) is 0 Å². The van der Waals surface area contributed by atoms with Gasteiger partial charge in [-0.2, -0.15) is 5.26 Å². The second-order valence-corrected chi connectivity index (χ2v) is 4.51. The van der Waals surface area contributed by atoms with Gasteiger partial charge in [0, 0.05) is 6.54 Å². The van der Waals surface area contributed by atoms with Gasteiger partial charge in [-0.05, 0) is 23.6 Å². The molecule has 0 aromatic heterocycles. The lowest BCUT2D eigenvalue weighted by Gasteiger charge is -2.07. The number of nitrogens with zero attached hydrogens (tertiary/aromatic N) is 1. The predicted octanol–water partition coefficient (Wildman–Crippen LogP) is 3.03. The van der Waals surface area contributed by atoms with Crippen molar-refractivity contribution in [2.75, 3.05) is 6.54 Å². The van der Waals surface area contributed by atoms with Gasteiger partial charge in [-0.3, -0.25) is 0 Å². The van der Waals surface area contributed by atoms with Crippen molar-refractivity contribution in [2.45, 2.75) is 13.0 Å². The summed E-state index contributed by atoms with van der Waals surface area (Å²) in [6, 6.07) is 19.0. The highest BCUT2D eigenvalue weighted by Crippen LogP contribution is 2.07. The molecule has 0 radical (unpaired) electrons. The molecule has 21 heavy (non-hydrogen) atoms. The van der Waals surface area contributed by atoms with Crippen molar-refractivity contribution < 1.29 is 9.53 Å². The number of amides is 1. The van der Waals surface area contributed by atoms with Crippen LogP contribution in [0.3, 0.4) is 0 Å².